The molecule has 126 valence electrons. The van der Waals surface area contributed by atoms with Crippen LogP contribution in [0.15, 0.2) is 59.4 Å². The molecule has 0 radical (unpaired) electrons. The monoisotopic (exact) mass is 353 g/mol. The fourth-order valence-corrected chi connectivity index (χ4v) is 2.43. The number of rotatable bonds is 2. The molecule has 1 amide bonds. The van der Waals surface area contributed by atoms with Crippen LogP contribution in [0.4, 0.5) is 0 Å². The number of amides is 1. The minimum Gasteiger partial charge on any atom is -0.274 e. The molecule has 0 aliphatic rings. The van der Waals surface area contributed by atoms with Gasteiger partial charge in [-0.3, -0.25) is 25.9 Å². The third-order valence-electron chi connectivity index (χ3n) is 3.37. The van der Waals surface area contributed by atoms with Crippen LogP contribution in [0.1, 0.15) is 6.92 Å². The number of fused-ring (bicyclic) bond motifs is 1. The number of nitrogens with one attached hydrogen (secondary N) is 3. The van der Waals surface area contributed by atoms with E-state index in [-0.39, 0.29) is 16.6 Å². The fourth-order valence-electron chi connectivity index (χ4n) is 2.29. The minimum absolute atomic E-state index is 0.0616. The molecule has 2 aromatic carbocycles. The Morgan fingerprint density at radius 3 is 2.44 bits per heavy atom. The van der Waals surface area contributed by atoms with Gasteiger partial charge in [-0.05, 0) is 24.4 Å². The summed E-state index contributed by atoms with van der Waals surface area (Å²) in [4.78, 5) is 28.5. The molecule has 0 bridgehead atoms. The molecular weight excluding hydrogens is 338 g/mol. The Morgan fingerprint density at radius 2 is 1.72 bits per heavy atom. The molecule has 0 unspecified atom stereocenters. The number of nitrogens with zero attached hydrogens (tertiary/aromatic N) is 2. The van der Waals surface area contributed by atoms with Gasteiger partial charge in [0.2, 0.25) is 11.0 Å². The first-order valence-corrected chi connectivity index (χ1v) is 7.88. The fraction of sp³-hybridized carbons (Fsp3) is 0.0588. The van der Waals surface area contributed by atoms with Crippen LogP contribution in [0, 0.1) is 0 Å². The number of carbonyl (C=O) groups is 1. The summed E-state index contributed by atoms with van der Waals surface area (Å²) in [6.45, 7) is 1.34. The van der Waals surface area contributed by atoms with Gasteiger partial charge in [0.25, 0.3) is 5.56 Å². The second kappa shape index (κ2) is 7.10. The van der Waals surface area contributed by atoms with Crippen LogP contribution in [0.3, 0.4) is 0 Å². The molecule has 0 saturated carbocycles. The lowest BCUT2D eigenvalue weighted by molar-refractivity contribution is -0.119. The maximum atomic E-state index is 12.9. The lowest BCUT2D eigenvalue weighted by Gasteiger charge is -2.16. The van der Waals surface area contributed by atoms with Crippen molar-refractivity contribution in [3.8, 4) is 11.4 Å². The van der Waals surface area contributed by atoms with Crippen LogP contribution in [-0.2, 0) is 4.79 Å². The number of hydrazine groups is 1. The van der Waals surface area contributed by atoms with Crippen molar-refractivity contribution in [1.29, 1.82) is 0 Å². The Kier molecular flexibility index (Phi) is 4.71. The van der Waals surface area contributed by atoms with Gasteiger partial charge in [0.1, 0.15) is 0 Å². The molecule has 0 aliphatic heterocycles. The normalized spacial score (nSPS) is 10.3. The minimum atomic E-state index is -0.309. The Labute approximate surface area is 148 Å². The van der Waals surface area contributed by atoms with E-state index in [0.29, 0.717) is 16.7 Å². The molecule has 0 aliphatic carbocycles. The van der Waals surface area contributed by atoms with E-state index < -0.39 is 0 Å². The van der Waals surface area contributed by atoms with Gasteiger partial charge in [-0.1, -0.05) is 42.5 Å². The first kappa shape index (κ1) is 16.6. The maximum Gasteiger partial charge on any atom is 0.280 e. The molecule has 25 heavy (non-hydrogen) atoms. The Morgan fingerprint density at radius 1 is 1.04 bits per heavy atom. The summed E-state index contributed by atoms with van der Waals surface area (Å²) in [5.74, 6) is 0.104. The van der Waals surface area contributed by atoms with Crippen molar-refractivity contribution in [2.45, 2.75) is 6.92 Å². The summed E-state index contributed by atoms with van der Waals surface area (Å²) >= 11 is 5.12. The highest BCUT2D eigenvalue weighted by atomic mass is 32.1. The number of benzene rings is 2. The van der Waals surface area contributed by atoms with Crippen LogP contribution < -0.4 is 21.8 Å². The average molecular weight is 353 g/mol. The quantitative estimate of drug-likeness (QED) is 0.478. The Hall–Kier alpha value is -3.26. The van der Waals surface area contributed by atoms with Crippen molar-refractivity contribution >= 4 is 34.1 Å². The zero-order valence-electron chi connectivity index (χ0n) is 13.3. The summed E-state index contributed by atoms with van der Waals surface area (Å²) < 4.78 is 1.26. The second-order valence-corrected chi connectivity index (χ2v) is 5.61. The summed E-state index contributed by atoms with van der Waals surface area (Å²) in [5.41, 5.74) is 8.69. The molecule has 1 aromatic heterocycles. The lowest BCUT2D eigenvalue weighted by Crippen LogP contribution is -2.47. The smallest absolute Gasteiger partial charge is 0.274 e. The van der Waals surface area contributed by atoms with E-state index >= 15 is 0 Å². The Balaban J connectivity index is 2.11. The van der Waals surface area contributed by atoms with Crippen molar-refractivity contribution in [2.75, 3.05) is 5.43 Å². The molecule has 0 saturated heterocycles. The van der Waals surface area contributed by atoms with E-state index in [0.717, 1.165) is 5.56 Å². The van der Waals surface area contributed by atoms with E-state index in [1.165, 1.54) is 11.6 Å². The predicted octanol–water partition coefficient (Wildman–Crippen LogP) is 1.53. The van der Waals surface area contributed by atoms with Gasteiger partial charge in [-0.15, -0.1) is 0 Å². The molecule has 3 aromatic rings. The third kappa shape index (κ3) is 3.64. The van der Waals surface area contributed by atoms with Crippen LogP contribution in [-0.4, -0.2) is 20.7 Å². The number of aromatic nitrogens is 2. The maximum absolute atomic E-state index is 12.9. The topological polar surface area (TPSA) is 88.1 Å². The van der Waals surface area contributed by atoms with Gasteiger partial charge in [-0.25, -0.2) is 4.98 Å². The largest absolute Gasteiger partial charge is 0.280 e. The molecule has 3 rings (SSSR count). The zero-order chi connectivity index (χ0) is 17.8. The van der Waals surface area contributed by atoms with Crippen LogP contribution in [0.25, 0.3) is 22.3 Å². The third-order valence-corrected chi connectivity index (χ3v) is 3.57. The summed E-state index contributed by atoms with van der Waals surface area (Å²) in [7, 11) is 0. The first-order valence-electron chi connectivity index (χ1n) is 7.47. The molecule has 7 nitrogen and oxygen atoms in total. The molecule has 3 N–H and O–H groups in total. The van der Waals surface area contributed by atoms with Crippen LogP contribution in [0.5, 0.6) is 0 Å². The van der Waals surface area contributed by atoms with Crippen molar-refractivity contribution < 1.29 is 4.79 Å². The van der Waals surface area contributed by atoms with E-state index in [1.54, 1.807) is 18.2 Å². The standard InChI is InChI=1S/C17H15N5O2S/c1-11(23)19-20-17(25)21-22-15(12-7-3-2-4-8-12)18-14-10-6-5-9-13(14)16(22)24/h2-10H,1H3,(H,19,23)(H2,20,21,25). The second-order valence-electron chi connectivity index (χ2n) is 5.21. The highest BCUT2D eigenvalue weighted by Gasteiger charge is 2.13. The van der Waals surface area contributed by atoms with Gasteiger partial charge in [0.15, 0.2) is 5.82 Å². The van der Waals surface area contributed by atoms with Crippen LogP contribution in [0.2, 0.25) is 0 Å². The van der Waals surface area contributed by atoms with Gasteiger partial charge in [-0.2, -0.15) is 4.68 Å². The van der Waals surface area contributed by atoms with Gasteiger partial charge < -0.3 is 0 Å². The number of para-hydroxylation sites is 1. The highest BCUT2D eigenvalue weighted by molar-refractivity contribution is 7.80. The number of thiocarbonyl (C=S) groups is 1. The SMILES string of the molecule is CC(=O)NNC(=S)Nn1c(-c2ccccc2)nc2ccccc2c1=O. The number of hydrogen-bond donors (Lipinski definition) is 3. The summed E-state index contributed by atoms with van der Waals surface area (Å²) in [6.07, 6.45) is 0. The van der Waals surface area contributed by atoms with E-state index in [1.807, 2.05) is 36.4 Å². The first-order chi connectivity index (χ1) is 12.1. The number of carbonyl (C=O) groups excluding carboxylic acids is 1. The Bertz CT molecular complexity index is 1000. The van der Waals surface area contributed by atoms with Crippen molar-refractivity contribution in [2.24, 2.45) is 0 Å². The number of hydrogen-bond acceptors (Lipinski definition) is 4. The van der Waals surface area contributed by atoms with Gasteiger partial charge >= 0.3 is 0 Å². The van der Waals surface area contributed by atoms with E-state index in [9.17, 15) is 9.59 Å². The van der Waals surface area contributed by atoms with Gasteiger partial charge in [0, 0.05) is 12.5 Å². The molecule has 0 atom stereocenters. The van der Waals surface area contributed by atoms with E-state index in [4.69, 9.17) is 12.2 Å². The van der Waals surface area contributed by atoms with Gasteiger partial charge in [0.05, 0.1) is 10.9 Å². The zero-order valence-corrected chi connectivity index (χ0v) is 14.1. The van der Waals surface area contributed by atoms with Crippen molar-refractivity contribution in [1.82, 2.24) is 20.5 Å². The van der Waals surface area contributed by atoms with E-state index in [2.05, 4.69) is 21.3 Å². The molecular formula is C17H15N5O2S. The molecule has 0 spiro atoms. The van der Waals surface area contributed by atoms with Crippen molar-refractivity contribution in [3.05, 3.63) is 65.0 Å². The summed E-state index contributed by atoms with van der Waals surface area (Å²) in [5, 5.41) is 0.517. The predicted molar refractivity (Wildman–Crippen MR) is 100 cm³/mol. The molecule has 1 heterocycles. The molecule has 8 heteroatoms. The summed E-state index contributed by atoms with van der Waals surface area (Å²) in [6, 6.07) is 16.4. The molecule has 0 fully saturated rings. The van der Waals surface area contributed by atoms with Crippen molar-refractivity contribution in [3.63, 3.8) is 0 Å². The highest BCUT2D eigenvalue weighted by Crippen LogP contribution is 2.17. The lowest BCUT2D eigenvalue weighted by atomic mass is 10.2. The van der Waals surface area contributed by atoms with Crippen LogP contribution >= 0.6 is 12.2 Å². The average Bonchev–Trinajstić information content (AvgIpc) is 2.63.